The number of piperazine rings is 1. The zero-order valence-electron chi connectivity index (χ0n) is 18.3. The van der Waals surface area contributed by atoms with Crippen LogP contribution in [0.2, 0.25) is 0 Å². The molecule has 0 spiro atoms. The number of hydrogen-bond acceptors (Lipinski definition) is 3. The van der Waals surface area contributed by atoms with Crippen molar-refractivity contribution < 1.29 is 4.39 Å². The summed E-state index contributed by atoms with van der Waals surface area (Å²) >= 11 is 0. The van der Waals surface area contributed by atoms with E-state index >= 15 is 0 Å². The van der Waals surface area contributed by atoms with Gasteiger partial charge < -0.3 is 19.7 Å². The van der Waals surface area contributed by atoms with Crippen LogP contribution in [0.1, 0.15) is 18.3 Å². The Labute approximate surface area is 206 Å². The molecule has 0 unspecified atom stereocenters. The highest BCUT2D eigenvalue weighted by Crippen LogP contribution is 2.20. The molecule has 1 saturated heterocycles. The second kappa shape index (κ2) is 11.8. The molecule has 0 amide bonds. The summed E-state index contributed by atoms with van der Waals surface area (Å²) in [5.74, 6) is 1.65. The third-order valence-corrected chi connectivity index (χ3v) is 5.47. The van der Waals surface area contributed by atoms with Gasteiger partial charge in [0.15, 0.2) is 5.96 Å². The fourth-order valence-corrected chi connectivity index (χ4v) is 3.85. The van der Waals surface area contributed by atoms with Gasteiger partial charge in [-0.25, -0.2) is 14.4 Å². The van der Waals surface area contributed by atoms with Crippen LogP contribution in [0.3, 0.4) is 0 Å². The van der Waals surface area contributed by atoms with Gasteiger partial charge in [0.25, 0.3) is 0 Å². The van der Waals surface area contributed by atoms with Crippen molar-refractivity contribution in [2.24, 2.45) is 4.99 Å². The lowest BCUT2D eigenvalue weighted by atomic mass is 10.2. The molecule has 32 heavy (non-hydrogen) atoms. The SMILES string of the molecule is CCNC(=NCc1nccn1Cc1ccccc1)N1CCN(c2ccccc2F)CC1.I. The summed E-state index contributed by atoms with van der Waals surface area (Å²) in [6.07, 6.45) is 3.83. The Balaban J connectivity index is 0.00000289. The van der Waals surface area contributed by atoms with E-state index in [1.54, 1.807) is 6.07 Å². The third-order valence-electron chi connectivity index (χ3n) is 5.47. The second-order valence-corrected chi connectivity index (χ2v) is 7.55. The highest BCUT2D eigenvalue weighted by molar-refractivity contribution is 14.0. The monoisotopic (exact) mass is 548 g/mol. The Bertz CT molecular complexity index is 998. The van der Waals surface area contributed by atoms with Crippen LogP contribution in [0.4, 0.5) is 10.1 Å². The number of aromatic nitrogens is 2. The predicted octanol–water partition coefficient (Wildman–Crippen LogP) is 3.98. The van der Waals surface area contributed by atoms with Crippen LogP contribution in [0, 0.1) is 5.82 Å². The van der Waals surface area contributed by atoms with Crippen molar-refractivity contribution in [1.82, 2.24) is 19.8 Å². The lowest BCUT2D eigenvalue weighted by molar-refractivity contribution is 0.370. The number of nitrogens with zero attached hydrogens (tertiary/aromatic N) is 5. The summed E-state index contributed by atoms with van der Waals surface area (Å²) in [6.45, 7) is 7.25. The minimum Gasteiger partial charge on any atom is -0.366 e. The minimum atomic E-state index is -0.165. The van der Waals surface area contributed by atoms with Crippen molar-refractivity contribution in [1.29, 1.82) is 0 Å². The number of hydrogen-bond donors (Lipinski definition) is 1. The first-order valence-electron chi connectivity index (χ1n) is 10.8. The second-order valence-electron chi connectivity index (χ2n) is 7.55. The van der Waals surface area contributed by atoms with E-state index in [0.717, 1.165) is 51.1 Å². The van der Waals surface area contributed by atoms with E-state index in [4.69, 9.17) is 4.99 Å². The first kappa shape index (κ1) is 24.0. The van der Waals surface area contributed by atoms with Gasteiger partial charge in [0, 0.05) is 51.7 Å². The minimum absolute atomic E-state index is 0. The van der Waals surface area contributed by atoms with Crippen molar-refractivity contribution >= 4 is 35.6 Å². The molecule has 6 nitrogen and oxygen atoms in total. The number of para-hydroxylation sites is 1. The maximum absolute atomic E-state index is 14.1. The third kappa shape index (κ3) is 5.99. The van der Waals surface area contributed by atoms with E-state index in [-0.39, 0.29) is 29.8 Å². The maximum atomic E-state index is 14.1. The van der Waals surface area contributed by atoms with Crippen LogP contribution in [0.15, 0.2) is 72.0 Å². The summed E-state index contributed by atoms with van der Waals surface area (Å²) in [5.41, 5.74) is 1.91. The van der Waals surface area contributed by atoms with Crippen molar-refractivity contribution in [2.45, 2.75) is 20.0 Å². The lowest BCUT2D eigenvalue weighted by Crippen LogP contribution is -2.52. The average molecular weight is 548 g/mol. The molecular weight excluding hydrogens is 518 g/mol. The first-order chi connectivity index (χ1) is 15.2. The molecule has 0 atom stereocenters. The summed E-state index contributed by atoms with van der Waals surface area (Å²) in [7, 11) is 0. The summed E-state index contributed by atoms with van der Waals surface area (Å²) in [5, 5.41) is 3.40. The van der Waals surface area contributed by atoms with Crippen LogP contribution in [0.25, 0.3) is 0 Å². The first-order valence-corrected chi connectivity index (χ1v) is 10.8. The highest BCUT2D eigenvalue weighted by Gasteiger charge is 2.21. The number of rotatable bonds is 6. The number of guanidine groups is 1. The highest BCUT2D eigenvalue weighted by atomic mass is 127. The number of halogens is 2. The molecule has 0 saturated carbocycles. The van der Waals surface area contributed by atoms with E-state index in [1.165, 1.54) is 11.6 Å². The molecule has 2 aromatic carbocycles. The Morgan fingerprint density at radius 1 is 1.03 bits per heavy atom. The van der Waals surface area contributed by atoms with Crippen LogP contribution < -0.4 is 10.2 Å². The fourth-order valence-electron chi connectivity index (χ4n) is 3.85. The van der Waals surface area contributed by atoms with Crippen molar-refractivity contribution in [2.75, 3.05) is 37.6 Å². The van der Waals surface area contributed by atoms with Crippen molar-refractivity contribution in [3.05, 3.63) is 84.2 Å². The summed E-state index contributed by atoms with van der Waals surface area (Å²) in [6, 6.07) is 17.3. The molecule has 1 aromatic heterocycles. The number of imidazole rings is 1. The van der Waals surface area contributed by atoms with Crippen LogP contribution in [-0.2, 0) is 13.1 Å². The number of aliphatic imine (C=N–C) groups is 1. The van der Waals surface area contributed by atoms with Crippen molar-refractivity contribution in [3.63, 3.8) is 0 Å². The van der Waals surface area contributed by atoms with Gasteiger partial charge in [-0.15, -0.1) is 24.0 Å². The van der Waals surface area contributed by atoms with E-state index < -0.39 is 0 Å². The Hall–Kier alpha value is -2.62. The number of nitrogens with one attached hydrogen (secondary N) is 1. The Morgan fingerprint density at radius 2 is 1.75 bits per heavy atom. The number of anilines is 1. The fraction of sp³-hybridized carbons (Fsp3) is 0.333. The smallest absolute Gasteiger partial charge is 0.194 e. The Morgan fingerprint density at radius 3 is 2.47 bits per heavy atom. The molecule has 2 heterocycles. The average Bonchev–Trinajstić information content (AvgIpc) is 3.25. The molecule has 8 heteroatoms. The molecule has 4 rings (SSSR count). The zero-order chi connectivity index (χ0) is 21.5. The van der Waals surface area contributed by atoms with Gasteiger partial charge in [-0.1, -0.05) is 42.5 Å². The van der Waals surface area contributed by atoms with Gasteiger partial charge in [0.1, 0.15) is 18.2 Å². The van der Waals surface area contributed by atoms with Gasteiger partial charge in [-0.05, 0) is 24.6 Å². The van der Waals surface area contributed by atoms with Gasteiger partial charge in [-0.2, -0.15) is 0 Å². The lowest BCUT2D eigenvalue weighted by Gasteiger charge is -2.37. The van der Waals surface area contributed by atoms with Crippen LogP contribution >= 0.6 is 24.0 Å². The Kier molecular flexibility index (Phi) is 8.90. The van der Waals surface area contributed by atoms with E-state index in [1.807, 2.05) is 42.7 Å². The van der Waals surface area contributed by atoms with Crippen LogP contribution in [-0.4, -0.2) is 53.1 Å². The van der Waals surface area contributed by atoms with Gasteiger partial charge in [0.2, 0.25) is 0 Å². The molecule has 0 radical (unpaired) electrons. The molecule has 1 fully saturated rings. The molecular formula is C24H30FIN6. The molecule has 1 N–H and O–H groups in total. The van der Waals surface area contributed by atoms with Crippen molar-refractivity contribution in [3.8, 4) is 0 Å². The maximum Gasteiger partial charge on any atom is 0.194 e. The van der Waals surface area contributed by atoms with Gasteiger partial charge in [-0.3, -0.25) is 0 Å². The quantitative estimate of drug-likeness (QED) is 0.288. The van der Waals surface area contributed by atoms with E-state index in [2.05, 4.69) is 43.7 Å². The van der Waals surface area contributed by atoms with E-state index in [0.29, 0.717) is 12.2 Å². The zero-order valence-corrected chi connectivity index (χ0v) is 20.7. The molecule has 3 aromatic rings. The largest absolute Gasteiger partial charge is 0.366 e. The standard InChI is InChI=1S/C24H29FN6.HI/c1-2-26-24(30-16-14-29(15-17-30)22-11-7-6-10-21(22)25)28-18-23-27-12-13-31(23)19-20-8-4-3-5-9-20;/h3-13H,2,14-19H2,1H3,(H,26,28);1H. The molecule has 1 aliphatic rings. The van der Waals surface area contributed by atoms with Crippen LogP contribution in [0.5, 0.6) is 0 Å². The molecule has 170 valence electrons. The summed E-state index contributed by atoms with van der Waals surface area (Å²) < 4.78 is 16.3. The molecule has 0 aliphatic carbocycles. The molecule has 0 bridgehead atoms. The van der Waals surface area contributed by atoms with Gasteiger partial charge in [0.05, 0.1) is 5.69 Å². The topological polar surface area (TPSA) is 48.7 Å². The molecule has 1 aliphatic heterocycles. The summed E-state index contributed by atoms with van der Waals surface area (Å²) in [4.78, 5) is 13.7. The van der Waals surface area contributed by atoms with E-state index in [9.17, 15) is 4.39 Å². The van der Waals surface area contributed by atoms with Gasteiger partial charge >= 0.3 is 0 Å². The predicted molar refractivity (Wildman–Crippen MR) is 138 cm³/mol. The number of benzene rings is 2. The normalized spacial score (nSPS) is 14.2.